The minimum atomic E-state index is -0.679. The van der Waals surface area contributed by atoms with Gasteiger partial charge in [0.25, 0.3) is 0 Å². The van der Waals surface area contributed by atoms with Crippen LogP contribution in [-0.2, 0) is 11.4 Å². The number of hydrogen-bond donors (Lipinski definition) is 1. The highest BCUT2D eigenvalue weighted by molar-refractivity contribution is 5.59. The Labute approximate surface area is 112 Å². The molecule has 98 valence electrons. The Bertz CT molecular complexity index is 555. The zero-order chi connectivity index (χ0) is 13.7. The molecule has 1 unspecified atom stereocenters. The van der Waals surface area contributed by atoms with Gasteiger partial charge in [-0.2, -0.15) is 0 Å². The van der Waals surface area contributed by atoms with Gasteiger partial charge in [0.2, 0.25) is 0 Å². The molecule has 0 spiro atoms. The normalized spacial score (nSPS) is 11.9. The molecule has 0 aliphatic heterocycles. The lowest BCUT2D eigenvalue weighted by Gasteiger charge is -2.11. The maximum Gasteiger partial charge on any atom is 0.142 e. The molecular formula is C15H16N2O2. The van der Waals surface area contributed by atoms with Gasteiger partial charge in [-0.1, -0.05) is 30.3 Å². The molecule has 1 aromatic heterocycles. The number of carbonyl (C=O) groups excluding carboxylic acids is 1. The maximum absolute atomic E-state index is 10.6. The van der Waals surface area contributed by atoms with Crippen LogP contribution in [0.5, 0.6) is 5.75 Å². The van der Waals surface area contributed by atoms with E-state index in [-0.39, 0.29) is 0 Å². The highest BCUT2D eigenvalue weighted by atomic mass is 16.5. The first-order valence-electron chi connectivity index (χ1n) is 6.06. The lowest BCUT2D eigenvalue weighted by atomic mass is 10.2. The van der Waals surface area contributed by atoms with Gasteiger partial charge in [-0.3, -0.25) is 4.98 Å². The summed E-state index contributed by atoms with van der Waals surface area (Å²) in [4.78, 5) is 14.9. The van der Waals surface area contributed by atoms with Crippen LogP contribution in [0.4, 0.5) is 0 Å². The molecule has 0 saturated heterocycles. The van der Waals surface area contributed by atoms with Crippen LogP contribution in [0.3, 0.4) is 0 Å². The molecule has 1 aromatic carbocycles. The van der Waals surface area contributed by atoms with Crippen LogP contribution >= 0.6 is 0 Å². The molecule has 2 N–H and O–H groups in total. The summed E-state index contributed by atoms with van der Waals surface area (Å²) in [5.74, 6) is 0.700. The van der Waals surface area contributed by atoms with Gasteiger partial charge in [0.1, 0.15) is 24.7 Å². The first-order valence-corrected chi connectivity index (χ1v) is 6.06. The number of aromatic nitrogens is 1. The second kappa shape index (κ2) is 6.11. The minimum Gasteiger partial charge on any atom is -0.487 e. The second-order valence-corrected chi connectivity index (χ2v) is 4.26. The van der Waals surface area contributed by atoms with Gasteiger partial charge in [-0.25, -0.2) is 0 Å². The van der Waals surface area contributed by atoms with Crippen LogP contribution in [0, 0.1) is 6.92 Å². The highest BCUT2D eigenvalue weighted by Crippen LogP contribution is 2.19. The van der Waals surface area contributed by atoms with Crippen molar-refractivity contribution in [3.8, 4) is 5.75 Å². The predicted molar refractivity (Wildman–Crippen MR) is 72.7 cm³/mol. The van der Waals surface area contributed by atoms with Crippen molar-refractivity contribution in [2.75, 3.05) is 0 Å². The molecule has 0 fully saturated rings. The zero-order valence-corrected chi connectivity index (χ0v) is 10.7. The predicted octanol–water partition coefficient (Wildman–Crippen LogP) is 2.17. The highest BCUT2D eigenvalue weighted by Gasteiger charge is 2.09. The van der Waals surface area contributed by atoms with Crippen LogP contribution in [-0.4, -0.2) is 11.3 Å². The number of carbonyl (C=O) groups is 1. The molecule has 1 atom stereocenters. The van der Waals surface area contributed by atoms with E-state index < -0.39 is 6.04 Å². The van der Waals surface area contributed by atoms with Gasteiger partial charge in [-0.15, -0.1) is 0 Å². The third-order valence-corrected chi connectivity index (χ3v) is 2.78. The molecule has 19 heavy (non-hydrogen) atoms. The quantitative estimate of drug-likeness (QED) is 0.833. The van der Waals surface area contributed by atoms with Crippen molar-refractivity contribution in [2.24, 2.45) is 5.73 Å². The number of hydrogen-bond acceptors (Lipinski definition) is 4. The molecule has 2 rings (SSSR count). The summed E-state index contributed by atoms with van der Waals surface area (Å²) in [5.41, 5.74) is 7.98. The fourth-order valence-corrected chi connectivity index (χ4v) is 1.71. The summed E-state index contributed by atoms with van der Waals surface area (Å²) in [6.07, 6.45) is 0.673. The largest absolute Gasteiger partial charge is 0.487 e. The van der Waals surface area contributed by atoms with Crippen LogP contribution in [0.15, 0.2) is 42.5 Å². The van der Waals surface area contributed by atoms with Gasteiger partial charge < -0.3 is 15.3 Å². The SMILES string of the molecule is Cc1nc(C(N)C=O)ccc1OCc1ccccc1. The number of rotatable bonds is 5. The van der Waals surface area contributed by atoms with Crippen LogP contribution in [0.2, 0.25) is 0 Å². The molecule has 0 saturated carbocycles. The lowest BCUT2D eigenvalue weighted by Crippen LogP contribution is -2.13. The summed E-state index contributed by atoms with van der Waals surface area (Å²) in [7, 11) is 0. The van der Waals surface area contributed by atoms with Crippen LogP contribution < -0.4 is 10.5 Å². The van der Waals surface area contributed by atoms with E-state index in [0.29, 0.717) is 24.3 Å². The Morgan fingerprint density at radius 1 is 1.26 bits per heavy atom. The topological polar surface area (TPSA) is 65.2 Å². The molecular weight excluding hydrogens is 240 g/mol. The van der Waals surface area contributed by atoms with E-state index in [4.69, 9.17) is 10.5 Å². The van der Waals surface area contributed by atoms with Crippen molar-refractivity contribution < 1.29 is 9.53 Å². The number of aryl methyl sites for hydroxylation is 1. The molecule has 0 bridgehead atoms. The summed E-state index contributed by atoms with van der Waals surface area (Å²) >= 11 is 0. The number of benzene rings is 1. The molecule has 4 nitrogen and oxygen atoms in total. The number of nitrogens with two attached hydrogens (primary N) is 1. The third kappa shape index (κ3) is 3.39. The summed E-state index contributed by atoms with van der Waals surface area (Å²) in [5, 5.41) is 0. The monoisotopic (exact) mass is 256 g/mol. The maximum atomic E-state index is 10.6. The standard InChI is InChI=1S/C15H16N2O2/c1-11-15(8-7-14(17-11)13(16)9-18)19-10-12-5-3-2-4-6-12/h2-9,13H,10,16H2,1H3. The van der Waals surface area contributed by atoms with Gasteiger partial charge in [0.15, 0.2) is 0 Å². The smallest absolute Gasteiger partial charge is 0.142 e. The molecule has 2 aromatic rings. The summed E-state index contributed by atoms with van der Waals surface area (Å²) < 4.78 is 5.70. The summed E-state index contributed by atoms with van der Waals surface area (Å²) in [6, 6.07) is 12.7. The Kier molecular flexibility index (Phi) is 4.26. The van der Waals surface area contributed by atoms with Crippen molar-refractivity contribution in [1.82, 2.24) is 4.98 Å². The molecule has 0 aliphatic carbocycles. The van der Waals surface area contributed by atoms with Gasteiger partial charge >= 0.3 is 0 Å². The molecule has 0 amide bonds. The van der Waals surface area contributed by atoms with Crippen molar-refractivity contribution >= 4 is 6.29 Å². The first kappa shape index (κ1) is 13.2. The minimum absolute atomic E-state index is 0.489. The molecule has 0 aliphatic rings. The Hall–Kier alpha value is -2.20. The zero-order valence-electron chi connectivity index (χ0n) is 10.7. The van der Waals surface area contributed by atoms with E-state index in [2.05, 4.69) is 4.98 Å². The van der Waals surface area contributed by atoms with E-state index in [1.165, 1.54) is 0 Å². The van der Waals surface area contributed by atoms with Gasteiger partial charge in [0.05, 0.1) is 11.4 Å². The number of nitrogens with zero attached hydrogens (tertiary/aromatic N) is 1. The van der Waals surface area contributed by atoms with Crippen molar-refractivity contribution in [3.63, 3.8) is 0 Å². The third-order valence-electron chi connectivity index (χ3n) is 2.78. The van der Waals surface area contributed by atoms with Gasteiger partial charge in [-0.05, 0) is 24.6 Å². The molecule has 4 heteroatoms. The summed E-state index contributed by atoms with van der Waals surface area (Å²) in [6.45, 7) is 2.32. The van der Waals surface area contributed by atoms with E-state index >= 15 is 0 Å². The fourth-order valence-electron chi connectivity index (χ4n) is 1.71. The lowest BCUT2D eigenvalue weighted by molar-refractivity contribution is -0.109. The fraction of sp³-hybridized carbons (Fsp3) is 0.200. The number of pyridine rings is 1. The number of aldehydes is 1. The van der Waals surface area contributed by atoms with E-state index in [1.54, 1.807) is 12.1 Å². The van der Waals surface area contributed by atoms with Crippen molar-refractivity contribution in [2.45, 2.75) is 19.6 Å². The van der Waals surface area contributed by atoms with E-state index in [1.807, 2.05) is 37.3 Å². The average molecular weight is 256 g/mol. The van der Waals surface area contributed by atoms with E-state index in [0.717, 1.165) is 11.3 Å². The van der Waals surface area contributed by atoms with Crippen molar-refractivity contribution in [1.29, 1.82) is 0 Å². The second-order valence-electron chi connectivity index (χ2n) is 4.26. The van der Waals surface area contributed by atoms with Gasteiger partial charge in [0, 0.05) is 0 Å². The van der Waals surface area contributed by atoms with E-state index in [9.17, 15) is 4.79 Å². The Morgan fingerprint density at radius 2 is 2.00 bits per heavy atom. The Balaban J connectivity index is 2.07. The average Bonchev–Trinajstić information content (AvgIpc) is 2.46. The Morgan fingerprint density at radius 3 is 2.63 bits per heavy atom. The van der Waals surface area contributed by atoms with Crippen LogP contribution in [0.25, 0.3) is 0 Å². The first-order chi connectivity index (χ1) is 9.20. The molecule has 0 radical (unpaired) electrons. The molecule has 1 heterocycles. The van der Waals surface area contributed by atoms with Crippen LogP contribution in [0.1, 0.15) is 23.0 Å². The van der Waals surface area contributed by atoms with Crippen molar-refractivity contribution in [3.05, 3.63) is 59.4 Å². The number of ether oxygens (including phenoxy) is 1.